The van der Waals surface area contributed by atoms with Crippen molar-refractivity contribution < 1.29 is 9.13 Å². The van der Waals surface area contributed by atoms with Crippen LogP contribution in [-0.2, 0) is 6.42 Å². The van der Waals surface area contributed by atoms with Crippen molar-refractivity contribution >= 4 is 21.8 Å². The van der Waals surface area contributed by atoms with Gasteiger partial charge in [0, 0.05) is 40.7 Å². The highest BCUT2D eigenvalue weighted by atomic mass is 19.1. The van der Waals surface area contributed by atoms with Crippen LogP contribution in [0.2, 0.25) is 0 Å². The third-order valence-electron chi connectivity index (χ3n) is 6.34. The van der Waals surface area contributed by atoms with Crippen LogP contribution in [0, 0.1) is 11.7 Å². The lowest BCUT2D eigenvalue weighted by molar-refractivity contribution is 0.115. The largest absolute Gasteiger partial charge is 0.489 e. The molecule has 2 N–H and O–H groups in total. The van der Waals surface area contributed by atoms with Crippen molar-refractivity contribution in [3.63, 3.8) is 0 Å². The van der Waals surface area contributed by atoms with E-state index in [2.05, 4.69) is 33.9 Å². The van der Waals surface area contributed by atoms with Crippen molar-refractivity contribution in [2.24, 2.45) is 5.92 Å². The number of ether oxygens (including phenoxy) is 1. The molecule has 1 atom stereocenters. The summed E-state index contributed by atoms with van der Waals surface area (Å²) in [5, 5.41) is 2.16. The number of H-pyrrole nitrogens is 2. The van der Waals surface area contributed by atoms with E-state index in [1.807, 2.05) is 30.6 Å². The number of rotatable bonds is 6. The SMILES string of the molecule is CC(CN1CCC(Cc2c[nH]c3ccc(F)cc23)CC1)Oc1cccc2[nH]ccc12. The molecule has 0 bridgehead atoms. The van der Waals surface area contributed by atoms with E-state index < -0.39 is 0 Å². The van der Waals surface area contributed by atoms with Gasteiger partial charge >= 0.3 is 0 Å². The molecule has 2 aromatic carbocycles. The van der Waals surface area contributed by atoms with Crippen molar-refractivity contribution in [1.82, 2.24) is 14.9 Å². The van der Waals surface area contributed by atoms with E-state index in [4.69, 9.17) is 4.74 Å². The van der Waals surface area contributed by atoms with Crippen LogP contribution in [0.5, 0.6) is 5.75 Å². The summed E-state index contributed by atoms with van der Waals surface area (Å²) in [4.78, 5) is 9.02. The molecule has 1 aliphatic rings. The average Bonchev–Trinajstić information content (AvgIpc) is 3.37. The number of halogens is 1. The van der Waals surface area contributed by atoms with E-state index in [1.54, 1.807) is 6.07 Å². The molecular weight excluding hydrogens is 377 g/mol. The predicted octanol–water partition coefficient (Wildman–Crippen LogP) is 5.51. The number of hydrogen-bond acceptors (Lipinski definition) is 2. The van der Waals surface area contributed by atoms with Gasteiger partial charge in [0.05, 0.1) is 0 Å². The van der Waals surface area contributed by atoms with Crippen LogP contribution in [0.1, 0.15) is 25.3 Å². The molecule has 1 saturated heterocycles. The molecule has 1 unspecified atom stereocenters. The molecule has 2 aromatic heterocycles. The Labute approximate surface area is 176 Å². The zero-order valence-electron chi connectivity index (χ0n) is 17.3. The predicted molar refractivity (Wildman–Crippen MR) is 120 cm³/mol. The first-order valence-electron chi connectivity index (χ1n) is 10.9. The summed E-state index contributed by atoms with van der Waals surface area (Å²) in [6.07, 6.45) is 7.49. The fourth-order valence-electron chi connectivity index (χ4n) is 4.78. The molecule has 30 heavy (non-hydrogen) atoms. The second kappa shape index (κ2) is 8.15. The molecule has 4 aromatic rings. The Bertz CT molecular complexity index is 1140. The van der Waals surface area contributed by atoms with Crippen LogP contribution < -0.4 is 4.74 Å². The molecule has 5 rings (SSSR count). The monoisotopic (exact) mass is 405 g/mol. The van der Waals surface area contributed by atoms with Crippen LogP contribution in [0.4, 0.5) is 4.39 Å². The third kappa shape index (κ3) is 3.94. The number of likely N-dealkylation sites (tertiary alicyclic amines) is 1. The summed E-state index contributed by atoms with van der Waals surface area (Å²) < 4.78 is 19.9. The van der Waals surface area contributed by atoms with Crippen LogP contribution in [0.15, 0.2) is 54.9 Å². The molecule has 1 fully saturated rings. The third-order valence-corrected chi connectivity index (χ3v) is 6.34. The maximum Gasteiger partial charge on any atom is 0.129 e. The molecule has 1 aliphatic heterocycles. The van der Waals surface area contributed by atoms with Gasteiger partial charge in [-0.3, -0.25) is 4.90 Å². The van der Waals surface area contributed by atoms with Crippen molar-refractivity contribution in [1.29, 1.82) is 0 Å². The van der Waals surface area contributed by atoms with Crippen molar-refractivity contribution in [3.8, 4) is 5.75 Å². The molecule has 0 saturated carbocycles. The number of aromatic nitrogens is 2. The fourth-order valence-corrected chi connectivity index (χ4v) is 4.78. The minimum Gasteiger partial charge on any atom is -0.489 e. The zero-order chi connectivity index (χ0) is 20.5. The molecule has 156 valence electrons. The van der Waals surface area contributed by atoms with Crippen molar-refractivity contribution in [3.05, 3.63) is 66.2 Å². The molecule has 0 spiro atoms. The Morgan fingerprint density at radius 1 is 1.07 bits per heavy atom. The Kier molecular flexibility index (Phi) is 5.21. The number of nitrogens with one attached hydrogen (secondary N) is 2. The summed E-state index contributed by atoms with van der Waals surface area (Å²) in [6.45, 7) is 5.26. The smallest absolute Gasteiger partial charge is 0.129 e. The topological polar surface area (TPSA) is 44.0 Å². The summed E-state index contributed by atoms with van der Waals surface area (Å²) in [5.41, 5.74) is 3.36. The molecule has 0 radical (unpaired) electrons. The van der Waals surface area contributed by atoms with Crippen LogP contribution in [0.25, 0.3) is 21.8 Å². The molecular formula is C25H28FN3O. The highest BCUT2D eigenvalue weighted by molar-refractivity contribution is 5.85. The second-order valence-electron chi connectivity index (χ2n) is 8.58. The first kappa shape index (κ1) is 19.2. The van der Waals surface area contributed by atoms with Crippen LogP contribution in [-0.4, -0.2) is 40.6 Å². The molecule has 4 nitrogen and oxygen atoms in total. The maximum absolute atomic E-state index is 13.6. The lowest BCUT2D eigenvalue weighted by atomic mass is 9.90. The summed E-state index contributed by atoms with van der Waals surface area (Å²) >= 11 is 0. The quantitative estimate of drug-likeness (QED) is 0.444. The second-order valence-corrected chi connectivity index (χ2v) is 8.58. The number of aromatic amines is 2. The first-order chi connectivity index (χ1) is 14.7. The highest BCUT2D eigenvalue weighted by Gasteiger charge is 2.22. The van der Waals surface area contributed by atoms with Gasteiger partial charge in [-0.25, -0.2) is 4.39 Å². The number of nitrogens with zero attached hydrogens (tertiary/aromatic N) is 1. The number of piperidine rings is 1. The van der Waals surface area contributed by atoms with E-state index in [-0.39, 0.29) is 11.9 Å². The van der Waals surface area contributed by atoms with Gasteiger partial charge < -0.3 is 14.7 Å². The standard InChI is InChI=1S/C25H28FN3O/c1-17(30-25-4-2-3-23-21(25)7-10-27-23)16-29-11-8-18(9-12-29)13-19-15-28-24-6-5-20(26)14-22(19)24/h2-7,10,14-15,17-18,27-28H,8-9,11-13,16H2,1H3. The zero-order valence-corrected chi connectivity index (χ0v) is 17.3. The van der Waals surface area contributed by atoms with Crippen molar-refractivity contribution in [2.75, 3.05) is 19.6 Å². The van der Waals surface area contributed by atoms with Gasteiger partial charge in [0.2, 0.25) is 0 Å². The van der Waals surface area contributed by atoms with Gasteiger partial charge in [-0.1, -0.05) is 6.07 Å². The highest BCUT2D eigenvalue weighted by Crippen LogP contribution is 2.28. The van der Waals surface area contributed by atoms with E-state index in [0.29, 0.717) is 5.92 Å². The Hall–Kier alpha value is -2.79. The van der Waals surface area contributed by atoms with Crippen LogP contribution >= 0.6 is 0 Å². The lowest BCUT2D eigenvalue weighted by Crippen LogP contribution is -2.40. The molecule has 3 heterocycles. The van der Waals surface area contributed by atoms with Gasteiger partial charge in [-0.15, -0.1) is 0 Å². The summed E-state index contributed by atoms with van der Waals surface area (Å²) in [6, 6.07) is 13.2. The minimum atomic E-state index is -0.164. The first-order valence-corrected chi connectivity index (χ1v) is 10.9. The van der Waals surface area contributed by atoms with Crippen molar-refractivity contribution in [2.45, 2.75) is 32.3 Å². The van der Waals surface area contributed by atoms with Gasteiger partial charge in [-0.2, -0.15) is 0 Å². The Morgan fingerprint density at radius 3 is 2.77 bits per heavy atom. The Balaban J connectivity index is 1.15. The molecule has 5 heteroatoms. The van der Waals surface area contributed by atoms with Gasteiger partial charge in [0.1, 0.15) is 17.7 Å². The summed E-state index contributed by atoms with van der Waals surface area (Å²) in [7, 11) is 0. The van der Waals surface area contributed by atoms with E-state index in [0.717, 1.165) is 53.6 Å². The number of benzene rings is 2. The molecule has 0 amide bonds. The van der Waals surface area contributed by atoms with E-state index in [9.17, 15) is 4.39 Å². The van der Waals surface area contributed by atoms with Gasteiger partial charge in [-0.05, 0) is 87.2 Å². The minimum absolute atomic E-state index is 0.138. The lowest BCUT2D eigenvalue weighted by Gasteiger charge is -2.33. The maximum atomic E-state index is 13.6. The Morgan fingerprint density at radius 2 is 1.90 bits per heavy atom. The van der Waals surface area contributed by atoms with E-state index in [1.165, 1.54) is 24.5 Å². The fraction of sp³-hybridized carbons (Fsp3) is 0.360. The number of hydrogen-bond donors (Lipinski definition) is 2. The summed E-state index contributed by atoms with van der Waals surface area (Å²) in [5.74, 6) is 1.43. The van der Waals surface area contributed by atoms with Gasteiger partial charge in [0.25, 0.3) is 0 Å². The number of fused-ring (bicyclic) bond motifs is 2. The van der Waals surface area contributed by atoms with E-state index >= 15 is 0 Å². The molecule has 0 aliphatic carbocycles. The van der Waals surface area contributed by atoms with Gasteiger partial charge in [0.15, 0.2) is 0 Å². The normalized spacial score (nSPS) is 17.0. The average molecular weight is 406 g/mol. The van der Waals surface area contributed by atoms with Crippen LogP contribution in [0.3, 0.4) is 0 Å².